The Labute approximate surface area is 139 Å². The highest BCUT2D eigenvalue weighted by atomic mass is 16.2. The standard InChI is InChI=1S/C16H20N4O4/c1-15-9-10-16(15,2)12(22)20-8-4-7-19(11(15)21)13(23)17(9)5-3-6-18(10)14(20)24/h9-10H,3-8H2,1-2H3. The molecule has 8 heteroatoms. The first-order valence-electron chi connectivity index (χ1n) is 8.60. The van der Waals surface area contributed by atoms with Crippen molar-refractivity contribution in [3.05, 3.63) is 0 Å². The van der Waals surface area contributed by atoms with Gasteiger partial charge in [-0.1, -0.05) is 0 Å². The Morgan fingerprint density at radius 3 is 1.50 bits per heavy atom. The summed E-state index contributed by atoms with van der Waals surface area (Å²) in [6.45, 7) is 5.18. The lowest BCUT2D eigenvalue weighted by Gasteiger charge is -2.72. The van der Waals surface area contributed by atoms with Crippen LogP contribution in [-0.4, -0.2) is 81.7 Å². The molecule has 1 aliphatic carbocycles. The van der Waals surface area contributed by atoms with E-state index in [9.17, 15) is 19.2 Å². The Morgan fingerprint density at radius 1 is 0.708 bits per heavy atom. The lowest BCUT2D eigenvalue weighted by molar-refractivity contribution is -0.223. The predicted molar refractivity (Wildman–Crippen MR) is 80.7 cm³/mol. The third-order valence-corrected chi connectivity index (χ3v) is 7.13. The Kier molecular flexibility index (Phi) is 2.33. The summed E-state index contributed by atoms with van der Waals surface area (Å²) in [4.78, 5) is 58.3. The highest BCUT2D eigenvalue weighted by Crippen LogP contribution is 2.65. The number of rotatable bonds is 0. The quantitative estimate of drug-likeness (QED) is 0.629. The number of amides is 6. The molecule has 0 N–H and O–H groups in total. The molecule has 8 nitrogen and oxygen atoms in total. The van der Waals surface area contributed by atoms with Gasteiger partial charge in [0.05, 0.1) is 22.9 Å². The predicted octanol–water partition coefficient (Wildman–Crippen LogP) is 0.0856. The van der Waals surface area contributed by atoms with E-state index >= 15 is 0 Å². The summed E-state index contributed by atoms with van der Waals surface area (Å²) >= 11 is 0. The van der Waals surface area contributed by atoms with Gasteiger partial charge in [-0.05, 0) is 26.7 Å². The van der Waals surface area contributed by atoms with Crippen molar-refractivity contribution in [3.8, 4) is 0 Å². The fraction of sp³-hybridized carbons (Fsp3) is 0.750. The van der Waals surface area contributed by atoms with Crippen LogP contribution < -0.4 is 0 Å². The number of fused-ring (bicyclic) bond motifs is 2. The van der Waals surface area contributed by atoms with Gasteiger partial charge in [0.25, 0.3) is 0 Å². The summed E-state index contributed by atoms with van der Waals surface area (Å²) in [6.07, 6.45) is 1.10. The van der Waals surface area contributed by atoms with Gasteiger partial charge in [0, 0.05) is 26.2 Å². The second-order valence-corrected chi connectivity index (χ2v) is 7.87. The Morgan fingerprint density at radius 2 is 1.08 bits per heavy atom. The van der Waals surface area contributed by atoms with Gasteiger partial charge in [0.2, 0.25) is 11.8 Å². The summed E-state index contributed by atoms with van der Waals surface area (Å²) in [6, 6.07) is -1.30. The molecule has 4 aliphatic heterocycles. The zero-order valence-corrected chi connectivity index (χ0v) is 13.8. The van der Waals surface area contributed by atoms with Gasteiger partial charge in [-0.25, -0.2) is 9.59 Å². The first-order chi connectivity index (χ1) is 11.3. The molecule has 4 unspecified atom stereocenters. The summed E-state index contributed by atoms with van der Waals surface area (Å²) in [7, 11) is 0. The SMILES string of the molecule is CC12C(=O)N3CCCN4C(=O)N5CCCN(C3=O)C1C5C2(C)C4=O. The fourth-order valence-electron chi connectivity index (χ4n) is 5.76. The lowest BCUT2D eigenvalue weighted by Crippen LogP contribution is -2.90. The minimum absolute atomic E-state index is 0.251. The largest absolute Gasteiger partial charge is 0.327 e. The van der Waals surface area contributed by atoms with Crippen molar-refractivity contribution in [1.82, 2.24) is 19.6 Å². The first-order valence-corrected chi connectivity index (χ1v) is 8.60. The van der Waals surface area contributed by atoms with Crippen LogP contribution in [0.15, 0.2) is 0 Å². The minimum Gasteiger partial charge on any atom is -0.318 e. The van der Waals surface area contributed by atoms with Gasteiger partial charge in [-0.3, -0.25) is 19.4 Å². The van der Waals surface area contributed by atoms with Crippen molar-refractivity contribution in [1.29, 1.82) is 0 Å². The summed E-state index contributed by atoms with van der Waals surface area (Å²) in [5, 5.41) is 0. The normalized spacial score (nSPS) is 43.6. The molecular weight excluding hydrogens is 312 g/mol. The van der Waals surface area contributed by atoms with Gasteiger partial charge in [0.15, 0.2) is 0 Å². The van der Waals surface area contributed by atoms with E-state index in [4.69, 9.17) is 0 Å². The average Bonchev–Trinajstić information content (AvgIpc) is 2.77. The monoisotopic (exact) mass is 332 g/mol. The Hall–Kier alpha value is -2.12. The minimum atomic E-state index is -0.964. The van der Waals surface area contributed by atoms with Crippen LogP contribution in [0.3, 0.4) is 0 Å². The van der Waals surface area contributed by atoms with Crippen LogP contribution in [0.1, 0.15) is 26.7 Å². The van der Waals surface area contributed by atoms with Gasteiger partial charge < -0.3 is 9.80 Å². The molecule has 0 aromatic rings. The van der Waals surface area contributed by atoms with Crippen LogP contribution in [0.25, 0.3) is 0 Å². The van der Waals surface area contributed by atoms with Crippen molar-refractivity contribution in [2.24, 2.45) is 10.8 Å². The second kappa shape index (κ2) is 3.92. The van der Waals surface area contributed by atoms with Crippen molar-refractivity contribution in [2.45, 2.75) is 38.8 Å². The maximum Gasteiger partial charge on any atom is 0.327 e. The van der Waals surface area contributed by atoms with Crippen molar-refractivity contribution < 1.29 is 19.2 Å². The van der Waals surface area contributed by atoms with Crippen molar-refractivity contribution in [3.63, 3.8) is 0 Å². The summed E-state index contributed by atoms with van der Waals surface area (Å²) in [5.41, 5.74) is -1.93. The van der Waals surface area contributed by atoms with Gasteiger partial charge in [-0.15, -0.1) is 0 Å². The number of nitrogens with zero attached hydrogens (tertiary/aromatic N) is 4. The molecule has 1 saturated carbocycles. The molecule has 24 heavy (non-hydrogen) atoms. The number of urea groups is 2. The number of carbonyl (C=O) groups is 4. The van der Waals surface area contributed by atoms with E-state index in [2.05, 4.69) is 0 Å². The first kappa shape index (κ1) is 14.2. The molecule has 0 radical (unpaired) electrons. The van der Waals surface area contributed by atoms with E-state index in [0.717, 1.165) is 0 Å². The molecule has 0 spiro atoms. The Balaban J connectivity index is 1.81. The number of hydrogen-bond acceptors (Lipinski definition) is 4. The van der Waals surface area contributed by atoms with Crippen molar-refractivity contribution >= 4 is 23.9 Å². The molecule has 5 aliphatic rings. The van der Waals surface area contributed by atoms with Crippen LogP contribution in [0.4, 0.5) is 9.59 Å². The van der Waals surface area contributed by atoms with Gasteiger partial charge >= 0.3 is 12.1 Å². The molecule has 128 valence electrons. The van der Waals surface area contributed by atoms with Crippen LogP contribution >= 0.6 is 0 Å². The Bertz CT molecular complexity index is 665. The fourth-order valence-corrected chi connectivity index (χ4v) is 5.76. The zero-order valence-electron chi connectivity index (χ0n) is 13.8. The molecule has 6 amide bonds. The molecule has 5 rings (SSSR count). The van der Waals surface area contributed by atoms with E-state index in [1.54, 1.807) is 9.80 Å². The molecule has 4 heterocycles. The molecule has 5 fully saturated rings. The maximum atomic E-state index is 13.2. The highest BCUT2D eigenvalue weighted by Gasteiger charge is 2.83. The second-order valence-electron chi connectivity index (χ2n) is 7.87. The van der Waals surface area contributed by atoms with Gasteiger partial charge in [0.1, 0.15) is 0 Å². The summed E-state index contributed by atoms with van der Waals surface area (Å²) in [5.74, 6) is -0.502. The number of hydrogen-bond donors (Lipinski definition) is 0. The maximum absolute atomic E-state index is 13.2. The van der Waals surface area contributed by atoms with Crippen LogP contribution in [-0.2, 0) is 9.59 Å². The lowest BCUT2D eigenvalue weighted by atomic mass is 9.42. The average molecular weight is 332 g/mol. The molecular formula is C16H20N4O4. The van der Waals surface area contributed by atoms with Crippen LogP contribution in [0.5, 0.6) is 0 Å². The van der Waals surface area contributed by atoms with E-state index in [-0.39, 0.29) is 37.0 Å². The molecule has 0 aromatic heterocycles. The molecule has 4 atom stereocenters. The highest BCUT2D eigenvalue weighted by molar-refractivity contribution is 6.11. The van der Waals surface area contributed by atoms with Gasteiger partial charge in [-0.2, -0.15) is 0 Å². The smallest absolute Gasteiger partial charge is 0.318 e. The summed E-state index contributed by atoms with van der Waals surface area (Å²) < 4.78 is 0. The van der Waals surface area contributed by atoms with Crippen LogP contribution in [0, 0.1) is 10.8 Å². The molecule has 4 saturated heterocycles. The molecule has 4 bridgehead atoms. The third-order valence-electron chi connectivity index (χ3n) is 7.13. The van der Waals surface area contributed by atoms with Crippen LogP contribution in [0.2, 0.25) is 0 Å². The van der Waals surface area contributed by atoms with E-state index < -0.39 is 22.9 Å². The van der Waals surface area contributed by atoms with Crippen molar-refractivity contribution in [2.75, 3.05) is 26.2 Å². The third kappa shape index (κ3) is 1.14. The number of imide groups is 2. The van der Waals surface area contributed by atoms with E-state index in [1.807, 2.05) is 13.8 Å². The molecule has 0 aromatic carbocycles. The number of carbonyl (C=O) groups excluding carboxylic acids is 4. The topological polar surface area (TPSA) is 81.2 Å². The van der Waals surface area contributed by atoms with E-state index in [0.29, 0.717) is 25.9 Å². The van der Waals surface area contributed by atoms with E-state index in [1.165, 1.54) is 9.80 Å². The zero-order chi connectivity index (χ0) is 17.0.